The fourth-order valence-electron chi connectivity index (χ4n) is 1.16. The van der Waals surface area contributed by atoms with Gasteiger partial charge in [0.15, 0.2) is 0 Å². The molecule has 0 bridgehead atoms. The standard InChI is InChI=1S/C11H10ClNOS/c1-8-13-10(7-15-8)6-14-11-4-2-9(12)3-5-11/h2-5,7H,6H2,1H3. The highest BCUT2D eigenvalue weighted by Gasteiger charge is 1.99. The molecule has 1 aromatic heterocycles. The van der Waals surface area contributed by atoms with Gasteiger partial charge in [0.1, 0.15) is 12.4 Å². The summed E-state index contributed by atoms with van der Waals surface area (Å²) in [5, 5.41) is 3.78. The van der Waals surface area contributed by atoms with Gasteiger partial charge >= 0.3 is 0 Å². The van der Waals surface area contributed by atoms with E-state index in [2.05, 4.69) is 4.98 Å². The van der Waals surface area contributed by atoms with Crippen LogP contribution in [0.3, 0.4) is 0 Å². The molecule has 1 aromatic carbocycles. The maximum atomic E-state index is 5.77. The predicted molar refractivity (Wildman–Crippen MR) is 62.6 cm³/mol. The SMILES string of the molecule is Cc1nc(COc2ccc(Cl)cc2)cs1. The molecule has 15 heavy (non-hydrogen) atoms. The van der Waals surface area contributed by atoms with E-state index >= 15 is 0 Å². The Morgan fingerprint density at radius 2 is 2.07 bits per heavy atom. The molecular formula is C11H10ClNOS. The average Bonchev–Trinajstić information content (AvgIpc) is 2.64. The second-order valence-corrected chi connectivity index (χ2v) is 4.60. The zero-order valence-electron chi connectivity index (χ0n) is 8.24. The van der Waals surface area contributed by atoms with Gasteiger partial charge in [-0.25, -0.2) is 4.98 Å². The molecule has 0 saturated carbocycles. The van der Waals surface area contributed by atoms with Crippen LogP contribution >= 0.6 is 22.9 Å². The summed E-state index contributed by atoms with van der Waals surface area (Å²) in [7, 11) is 0. The highest BCUT2D eigenvalue weighted by Crippen LogP contribution is 2.17. The van der Waals surface area contributed by atoms with Crippen molar-refractivity contribution in [1.29, 1.82) is 0 Å². The maximum absolute atomic E-state index is 5.77. The maximum Gasteiger partial charge on any atom is 0.131 e. The first-order valence-corrected chi connectivity index (χ1v) is 5.79. The number of nitrogens with zero attached hydrogens (tertiary/aromatic N) is 1. The molecule has 0 N–H and O–H groups in total. The third kappa shape index (κ3) is 2.94. The fraction of sp³-hybridized carbons (Fsp3) is 0.182. The Balaban J connectivity index is 1.96. The number of aromatic nitrogens is 1. The van der Waals surface area contributed by atoms with Crippen molar-refractivity contribution in [2.24, 2.45) is 0 Å². The van der Waals surface area contributed by atoms with E-state index in [-0.39, 0.29) is 0 Å². The first kappa shape index (κ1) is 10.5. The van der Waals surface area contributed by atoms with Gasteiger partial charge in [-0.05, 0) is 31.2 Å². The number of benzene rings is 1. The normalized spacial score (nSPS) is 10.3. The summed E-state index contributed by atoms with van der Waals surface area (Å²) in [6, 6.07) is 7.31. The van der Waals surface area contributed by atoms with Crippen molar-refractivity contribution in [3.8, 4) is 5.75 Å². The Bertz CT molecular complexity index is 438. The van der Waals surface area contributed by atoms with Gasteiger partial charge < -0.3 is 4.74 Å². The zero-order valence-corrected chi connectivity index (χ0v) is 9.81. The predicted octanol–water partition coefficient (Wildman–Crippen LogP) is 3.68. The molecule has 0 amide bonds. The smallest absolute Gasteiger partial charge is 0.131 e. The molecule has 0 unspecified atom stereocenters. The second-order valence-electron chi connectivity index (χ2n) is 3.10. The third-order valence-corrected chi connectivity index (χ3v) is 2.94. The van der Waals surface area contributed by atoms with E-state index in [4.69, 9.17) is 16.3 Å². The number of hydrogen-bond donors (Lipinski definition) is 0. The van der Waals surface area contributed by atoms with E-state index in [1.54, 1.807) is 11.3 Å². The summed E-state index contributed by atoms with van der Waals surface area (Å²) in [5.41, 5.74) is 0.965. The molecule has 2 nitrogen and oxygen atoms in total. The highest BCUT2D eigenvalue weighted by molar-refractivity contribution is 7.09. The molecule has 0 aliphatic rings. The lowest BCUT2D eigenvalue weighted by molar-refractivity contribution is 0.302. The van der Waals surface area contributed by atoms with Crippen LogP contribution in [-0.4, -0.2) is 4.98 Å². The second kappa shape index (κ2) is 4.64. The van der Waals surface area contributed by atoms with Crippen LogP contribution in [0.4, 0.5) is 0 Å². The molecule has 78 valence electrons. The van der Waals surface area contributed by atoms with Crippen LogP contribution in [-0.2, 0) is 6.61 Å². The lowest BCUT2D eigenvalue weighted by Crippen LogP contribution is -1.95. The van der Waals surface area contributed by atoms with Crippen LogP contribution < -0.4 is 4.74 Å². The third-order valence-electron chi connectivity index (χ3n) is 1.87. The largest absolute Gasteiger partial charge is 0.487 e. The zero-order chi connectivity index (χ0) is 10.7. The molecule has 0 spiro atoms. The Morgan fingerprint density at radius 1 is 1.33 bits per heavy atom. The van der Waals surface area contributed by atoms with E-state index < -0.39 is 0 Å². The van der Waals surface area contributed by atoms with Crippen molar-refractivity contribution in [3.63, 3.8) is 0 Å². The number of thiazole rings is 1. The van der Waals surface area contributed by atoms with Gasteiger partial charge in [-0.3, -0.25) is 0 Å². The monoisotopic (exact) mass is 239 g/mol. The lowest BCUT2D eigenvalue weighted by atomic mass is 10.3. The molecule has 0 aliphatic carbocycles. The Labute approximate surface area is 97.5 Å². The van der Waals surface area contributed by atoms with Gasteiger partial charge in [0.05, 0.1) is 10.7 Å². The Morgan fingerprint density at radius 3 is 2.67 bits per heavy atom. The van der Waals surface area contributed by atoms with Crippen molar-refractivity contribution >= 4 is 22.9 Å². The quantitative estimate of drug-likeness (QED) is 0.815. The van der Waals surface area contributed by atoms with Gasteiger partial charge in [-0.15, -0.1) is 11.3 Å². The molecule has 4 heteroatoms. The van der Waals surface area contributed by atoms with Crippen molar-refractivity contribution in [1.82, 2.24) is 4.98 Å². The van der Waals surface area contributed by atoms with Gasteiger partial charge in [0.25, 0.3) is 0 Å². The van der Waals surface area contributed by atoms with Gasteiger partial charge in [0.2, 0.25) is 0 Å². The summed E-state index contributed by atoms with van der Waals surface area (Å²) >= 11 is 7.40. The van der Waals surface area contributed by atoms with Crippen LogP contribution in [0.15, 0.2) is 29.6 Å². The minimum absolute atomic E-state index is 0.506. The first-order valence-electron chi connectivity index (χ1n) is 4.53. The van der Waals surface area contributed by atoms with E-state index in [1.165, 1.54) is 0 Å². The molecule has 0 saturated heterocycles. The number of halogens is 1. The molecule has 1 heterocycles. The lowest BCUT2D eigenvalue weighted by Gasteiger charge is -2.03. The van der Waals surface area contributed by atoms with Crippen molar-refractivity contribution < 1.29 is 4.74 Å². The van der Waals surface area contributed by atoms with Crippen LogP contribution in [0.25, 0.3) is 0 Å². The minimum Gasteiger partial charge on any atom is -0.487 e. The average molecular weight is 240 g/mol. The molecule has 0 aliphatic heterocycles. The number of ether oxygens (including phenoxy) is 1. The summed E-state index contributed by atoms with van der Waals surface area (Å²) in [6.07, 6.45) is 0. The molecule has 2 rings (SSSR count). The number of rotatable bonds is 3. The van der Waals surface area contributed by atoms with Crippen LogP contribution in [0.5, 0.6) is 5.75 Å². The van der Waals surface area contributed by atoms with Crippen LogP contribution in [0.2, 0.25) is 5.02 Å². The van der Waals surface area contributed by atoms with Crippen LogP contribution in [0.1, 0.15) is 10.7 Å². The van der Waals surface area contributed by atoms with E-state index in [0.717, 1.165) is 16.5 Å². The van der Waals surface area contributed by atoms with Crippen molar-refractivity contribution in [2.45, 2.75) is 13.5 Å². The van der Waals surface area contributed by atoms with Crippen molar-refractivity contribution in [2.75, 3.05) is 0 Å². The molecular weight excluding hydrogens is 230 g/mol. The van der Waals surface area contributed by atoms with Crippen LogP contribution in [0, 0.1) is 6.92 Å². The summed E-state index contributed by atoms with van der Waals surface area (Å²) in [4.78, 5) is 4.31. The first-order chi connectivity index (χ1) is 7.24. The molecule has 2 aromatic rings. The van der Waals surface area contributed by atoms with E-state index in [1.807, 2.05) is 36.6 Å². The molecule has 0 radical (unpaired) electrons. The van der Waals surface area contributed by atoms with Gasteiger partial charge in [-0.2, -0.15) is 0 Å². The molecule has 0 atom stereocenters. The van der Waals surface area contributed by atoms with E-state index in [9.17, 15) is 0 Å². The highest BCUT2D eigenvalue weighted by atomic mass is 35.5. The molecule has 0 fully saturated rings. The Hall–Kier alpha value is -1.06. The minimum atomic E-state index is 0.506. The summed E-state index contributed by atoms with van der Waals surface area (Å²) in [5.74, 6) is 0.810. The fourth-order valence-corrected chi connectivity index (χ4v) is 1.89. The van der Waals surface area contributed by atoms with Crippen molar-refractivity contribution in [3.05, 3.63) is 45.4 Å². The number of aryl methyl sites for hydroxylation is 1. The Kier molecular flexibility index (Phi) is 3.23. The topological polar surface area (TPSA) is 22.1 Å². The van der Waals surface area contributed by atoms with E-state index in [0.29, 0.717) is 11.6 Å². The summed E-state index contributed by atoms with van der Waals surface area (Å²) in [6.45, 7) is 2.49. The summed E-state index contributed by atoms with van der Waals surface area (Å²) < 4.78 is 5.55. The van der Waals surface area contributed by atoms with Gasteiger partial charge in [0, 0.05) is 10.4 Å². The van der Waals surface area contributed by atoms with Gasteiger partial charge in [-0.1, -0.05) is 11.6 Å². The number of hydrogen-bond acceptors (Lipinski definition) is 3.